The van der Waals surface area contributed by atoms with E-state index in [0.29, 0.717) is 23.7 Å². The molecule has 1 aliphatic rings. The number of aromatic carboxylic acids is 1. The van der Waals surface area contributed by atoms with Crippen LogP contribution in [0.2, 0.25) is 0 Å². The molecule has 1 aromatic heterocycles. The van der Waals surface area contributed by atoms with Crippen molar-refractivity contribution in [3.05, 3.63) is 18.1 Å². The van der Waals surface area contributed by atoms with E-state index in [-0.39, 0.29) is 5.69 Å². The molecule has 0 spiro atoms. The molecule has 0 saturated heterocycles. The molecule has 98 valence electrons. The van der Waals surface area contributed by atoms with Gasteiger partial charge in [-0.15, -0.1) is 0 Å². The fourth-order valence-corrected chi connectivity index (χ4v) is 2.49. The molecule has 3 unspecified atom stereocenters. The van der Waals surface area contributed by atoms with E-state index in [2.05, 4.69) is 29.1 Å². The predicted molar refractivity (Wildman–Crippen MR) is 68.6 cm³/mol. The van der Waals surface area contributed by atoms with Gasteiger partial charge in [0.05, 0.1) is 12.4 Å². The van der Waals surface area contributed by atoms with Crippen LogP contribution < -0.4 is 5.32 Å². The molecule has 1 saturated carbocycles. The highest BCUT2D eigenvalue weighted by Crippen LogP contribution is 2.31. The minimum atomic E-state index is -1.05. The first-order valence-electron chi connectivity index (χ1n) is 6.40. The highest BCUT2D eigenvalue weighted by atomic mass is 16.4. The third kappa shape index (κ3) is 2.78. The number of carboxylic acids is 1. The Morgan fingerprint density at radius 1 is 1.33 bits per heavy atom. The van der Waals surface area contributed by atoms with Gasteiger partial charge in [-0.05, 0) is 18.3 Å². The number of rotatable bonds is 3. The van der Waals surface area contributed by atoms with Gasteiger partial charge in [0.2, 0.25) is 0 Å². The van der Waals surface area contributed by atoms with E-state index >= 15 is 0 Å². The second kappa shape index (κ2) is 5.33. The first-order valence-corrected chi connectivity index (χ1v) is 6.40. The van der Waals surface area contributed by atoms with E-state index in [1.54, 1.807) is 0 Å². The first-order chi connectivity index (χ1) is 8.58. The molecule has 2 rings (SSSR count). The second-order valence-electron chi connectivity index (χ2n) is 5.11. The van der Waals surface area contributed by atoms with Crippen LogP contribution in [0.15, 0.2) is 12.4 Å². The predicted octanol–water partition coefficient (Wildman–Crippen LogP) is 2.41. The van der Waals surface area contributed by atoms with Crippen LogP contribution in [0.4, 0.5) is 5.82 Å². The summed E-state index contributed by atoms with van der Waals surface area (Å²) in [5.41, 5.74) is -0.0226. The van der Waals surface area contributed by atoms with E-state index in [1.807, 2.05) is 0 Å². The second-order valence-corrected chi connectivity index (χ2v) is 5.11. The highest BCUT2D eigenvalue weighted by molar-refractivity contribution is 5.84. The standard InChI is InChI=1S/C13H19N3O2/c1-8-4-3-5-10(9(8)2)16-12-7-14-11(6-15-12)13(17)18/h6-10H,3-5H2,1-2H3,(H,15,16)(H,17,18). The maximum atomic E-state index is 10.7. The Kier molecular flexibility index (Phi) is 3.79. The number of aromatic nitrogens is 2. The lowest BCUT2D eigenvalue weighted by Crippen LogP contribution is -2.35. The zero-order valence-corrected chi connectivity index (χ0v) is 10.8. The molecule has 1 aliphatic carbocycles. The largest absolute Gasteiger partial charge is 0.476 e. The van der Waals surface area contributed by atoms with Crippen molar-refractivity contribution in [1.29, 1.82) is 0 Å². The van der Waals surface area contributed by atoms with Crippen molar-refractivity contribution < 1.29 is 9.90 Å². The molecule has 0 amide bonds. The molecule has 0 radical (unpaired) electrons. The average molecular weight is 249 g/mol. The van der Waals surface area contributed by atoms with Gasteiger partial charge in [0.1, 0.15) is 5.82 Å². The van der Waals surface area contributed by atoms with Crippen LogP contribution in [0.3, 0.4) is 0 Å². The fourth-order valence-electron chi connectivity index (χ4n) is 2.49. The van der Waals surface area contributed by atoms with Crippen LogP contribution in [0.1, 0.15) is 43.6 Å². The lowest BCUT2D eigenvalue weighted by Gasteiger charge is -2.34. The van der Waals surface area contributed by atoms with Gasteiger partial charge < -0.3 is 10.4 Å². The van der Waals surface area contributed by atoms with Gasteiger partial charge in [-0.25, -0.2) is 14.8 Å². The van der Waals surface area contributed by atoms with Crippen LogP contribution >= 0.6 is 0 Å². The van der Waals surface area contributed by atoms with Crippen LogP contribution in [-0.4, -0.2) is 27.1 Å². The molecule has 1 aromatic rings. The van der Waals surface area contributed by atoms with Crippen molar-refractivity contribution in [2.24, 2.45) is 11.8 Å². The summed E-state index contributed by atoms with van der Waals surface area (Å²) in [6, 6.07) is 0.402. The maximum absolute atomic E-state index is 10.7. The molecule has 3 atom stereocenters. The molecule has 5 heteroatoms. The Morgan fingerprint density at radius 2 is 2.11 bits per heavy atom. The molecule has 18 heavy (non-hydrogen) atoms. The number of hydrogen-bond acceptors (Lipinski definition) is 4. The van der Waals surface area contributed by atoms with E-state index in [4.69, 9.17) is 5.11 Å². The zero-order valence-electron chi connectivity index (χ0n) is 10.8. The molecule has 0 aliphatic heterocycles. The van der Waals surface area contributed by atoms with Gasteiger partial charge in [-0.2, -0.15) is 0 Å². The molecule has 0 bridgehead atoms. The van der Waals surface area contributed by atoms with Gasteiger partial charge in [0, 0.05) is 6.04 Å². The minimum Gasteiger partial charge on any atom is -0.476 e. The van der Waals surface area contributed by atoms with Crippen molar-refractivity contribution in [2.75, 3.05) is 5.32 Å². The topological polar surface area (TPSA) is 75.1 Å². The Labute approximate surface area is 107 Å². The fraction of sp³-hybridized carbons (Fsp3) is 0.615. The summed E-state index contributed by atoms with van der Waals surface area (Å²) in [5.74, 6) is 0.918. The first kappa shape index (κ1) is 12.8. The van der Waals surface area contributed by atoms with Crippen LogP contribution in [0, 0.1) is 11.8 Å². The molecule has 1 fully saturated rings. The maximum Gasteiger partial charge on any atom is 0.356 e. The van der Waals surface area contributed by atoms with E-state index < -0.39 is 5.97 Å². The minimum absolute atomic E-state index is 0.0226. The van der Waals surface area contributed by atoms with E-state index in [9.17, 15) is 4.79 Å². The molecular formula is C13H19N3O2. The highest BCUT2D eigenvalue weighted by Gasteiger charge is 2.27. The SMILES string of the molecule is CC1CCCC(Nc2cnc(C(=O)O)cn2)C1C. The summed E-state index contributed by atoms with van der Waals surface area (Å²) >= 11 is 0. The molecule has 1 heterocycles. The number of nitrogens with zero attached hydrogens (tertiary/aromatic N) is 2. The molecular weight excluding hydrogens is 230 g/mol. The summed E-state index contributed by atoms with van der Waals surface area (Å²) < 4.78 is 0. The van der Waals surface area contributed by atoms with Crippen LogP contribution in [-0.2, 0) is 0 Å². The normalized spacial score (nSPS) is 27.8. The summed E-state index contributed by atoms with van der Waals surface area (Å²) in [4.78, 5) is 18.6. The summed E-state index contributed by atoms with van der Waals surface area (Å²) in [6.07, 6.45) is 6.43. The number of carbonyl (C=O) groups is 1. The zero-order chi connectivity index (χ0) is 13.1. The number of carboxylic acid groups (broad SMARTS) is 1. The van der Waals surface area contributed by atoms with E-state index in [0.717, 1.165) is 6.42 Å². The molecule has 5 nitrogen and oxygen atoms in total. The molecule has 0 aromatic carbocycles. The van der Waals surface area contributed by atoms with Crippen LogP contribution in [0.25, 0.3) is 0 Å². The Hall–Kier alpha value is -1.65. The average Bonchev–Trinajstić information content (AvgIpc) is 2.36. The monoisotopic (exact) mass is 249 g/mol. The van der Waals surface area contributed by atoms with Crippen molar-refractivity contribution >= 4 is 11.8 Å². The molecule has 2 N–H and O–H groups in total. The number of nitrogens with one attached hydrogen (secondary N) is 1. The van der Waals surface area contributed by atoms with Crippen molar-refractivity contribution in [3.8, 4) is 0 Å². The Bertz CT molecular complexity index is 419. The third-order valence-corrected chi connectivity index (χ3v) is 3.91. The number of hydrogen-bond donors (Lipinski definition) is 2. The number of anilines is 1. The van der Waals surface area contributed by atoms with Gasteiger partial charge >= 0.3 is 5.97 Å². The van der Waals surface area contributed by atoms with Crippen molar-refractivity contribution in [2.45, 2.75) is 39.2 Å². The van der Waals surface area contributed by atoms with Gasteiger partial charge in [0.15, 0.2) is 5.69 Å². The smallest absolute Gasteiger partial charge is 0.356 e. The van der Waals surface area contributed by atoms with Gasteiger partial charge in [-0.3, -0.25) is 0 Å². The third-order valence-electron chi connectivity index (χ3n) is 3.91. The van der Waals surface area contributed by atoms with Gasteiger partial charge in [0.25, 0.3) is 0 Å². The lowest BCUT2D eigenvalue weighted by atomic mass is 9.78. The van der Waals surface area contributed by atoms with Crippen molar-refractivity contribution in [3.63, 3.8) is 0 Å². The summed E-state index contributed by atoms with van der Waals surface area (Å²) in [6.45, 7) is 4.53. The summed E-state index contributed by atoms with van der Waals surface area (Å²) in [7, 11) is 0. The Balaban J connectivity index is 2.02. The van der Waals surface area contributed by atoms with Crippen LogP contribution in [0.5, 0.6) is 0 Å². The van der Waals surface area contributed by atoms with Crippen molar-refractivity contribution in [1.82, 2.24) is 9.97 Å². The van der Waals surface area contributed by atoms with E-state index in [1.165, 1.54) is 25.2 Å². The summed E-state index contributed by atoms with van der Waals surface area (Å²) in [5, 5.41) is 12.1. The quantitative estimate of drug-likeness (QED) is 0.860. The van der Waals surface area contributed by atoms with Gasteiger partial charge in [-0.1, -0.05) is 26.7 Å². The Morgan fingerprint density at radius 3 is 2.72 bits per heavy atom. The lowest BCUT2D eigenvalue weighted by molar-refractivity contribution is 0.0690.